The van der Waals surface area contributed by atoms with Gasteiger partial charge in [0.15, 0.2) is 0 Å². The van der Waals surface area contributed by atoms with Crippen LogP contribution in [0.25, 0.3) is 0 Å². The molecule has 0 radical (unpaired) electrons. The number of unbranched alkanes of at least 4 members (excludes halogenated alkanes) is 3. The Morgan fingerprint density at radius 3 is 1.79 bits per heavy atom. The van der Waals surface area contributed by atoms with Crippen LogP contribution in [0.3, 0.4) is 0 Å². The van der Waals surface area contributed by atoms with Crippen LogP contribution in [0, 0.1) is 0 Å². The average molecular weight is 426 g/mol. The van der Waals surface area contributed by atoms with Crippen molar-refractivity contribution in [2.24, 2.45) is 0 Å². The van der Waals surface area contributed by atoms with Crippen LogP contribution in [0.2, 0.25) is 0 Å². The minimum absolute atomic E-state index is 0.0217. The summed E-state index contributed by atoms with van der Waals surface area (Å²) in [6, 6.07) is 0. The number of ether oxygens (including phenoxy) is 3. The number of aliphatic hydroxyl groups is 8. The molecule has 0 aromatic heterocycles. The van der Waals surface area contributed by atoms with E-state index >= 15 is 0 Å². The molecule has 2 saturated heterocycles. The van der Waals surface area contributed by atoms with Crippen LogP contribution >= 0.6 is 0 Å². The maximum absolute atomic E-state index is 10.7. The molecule has 2 fully saturated rings. The van der Waals surface area contributed by atoms with Gasteiger partial charge in [0.2, 0.25) is 11.6 Å². The molecule has 2 aliphatic heterocycles. The average Bonchev–Trinajstić information content (AvgIpc) is 2.97. The first-order chi connectivity index (χ1) is 13.7. The molecular weight excluding hydrogens is 392 g/mol. The third-order valence-corrected chi connectivity index (χ3v) is 5.67. The lowest BCUT2D eigenvalue weighted by Gasteiger charge is -2.51. The molecule has 0 aromatic carbocycles. The van der Waals surface area contributed by atoms with Gasteiger partial charge < -0.3 is 55.1 Å². The Hall–Kier alpha value is -0.440. The van der Waals surface area contributed by atoms with Gasteiger partial charge in [0.25, 0.3) is 0 Å². The van der Waals surface area contributed by atoms with Crippen LogP contribution in [-0.2, 0) is 14.2 Å². The maximum Gasteiger partial charge on any atom is 0.224 e. The largest absolute Gasteiger partial charge is 0.394 e. The molecule has 9 atom stereocenters. The SMILES string of the molecule is CCCCCC[C@@]1(OC2(CO)O[C@H](CO)[C@@H](O)[C@@H]2O)O[C@H](CO)[C@@H](O)[C@H](O)[C@H]1O. The van der Waals surface area contributed by atoms with Gasteiger partial charge in [0.05, 0.1) is 13.2 Å². The maximum atomic E-state index is 10.7. The van der Waals surface area contributed by atoms with Crippen LogP contribution in [0.5, 0.6) is 0 Å². The number of aliphatic hydroxyl groups excluding tert-OH is 8. The van der Waals surface area contributed by atoms with E-state index < -0.39 is 74.1 Å². The van der Waals surface area contributed by atoms with Crippen LogP contribution < -0.4 is 0 Å². The van der Waals surface area contributed by atoms with Gasteiger partial charge in [0.1, 0.15) is 49.3 Å². The summed E-state index contributed by atoms with van der Waals surface area (Å²) in [5.74, 6) is -4.33. The summed E-state index contributed by atoms with van der Waals surface area (Å²) in [4.78, 5) is 0. The third kappa shape index (κ3) is 4.75. The van der Waals surface area contributed by atoms with Crippen molar-refractivity contribution in [3.63, 3.8) is 0 Å². The topological polar surface area (TPSA) is 190 Å². The van der Waals surface area contributed by atoms with E-state index in [2.05, 4.69) is 0 Å². The fraction of sp³-hybridized carbons (Fsp3) is 1.00. The Morgan fingerprint density at radius 2 is 1.28 bits per heavy atom. The van der Waals surface area contributed by atoms with Crippen molar-refractivity contribution < 1.29 is 55.1 Å². The Kier molecular flexibility index (Phi) is 8.77. The summed E-state index contributed by atoms with van der Waals surface area (Å²) in [5, 5.41) is 80.3. The fourth-order valence-electron chi connectivity index (χ4n) is 3.89. The van der Waals surface area contributed by atoms with E-state index in [0.29, 0.717) is 6.42 Å². The van der Waals surface area contributed by atoms with Crippen molar-refractivity contribution in [2.75, 3.05) is 19.8 Å². The predicted octanol–water partition coefficient (Wildman–Crippen LogP) is -3.05. The Morgan fingerprint density at radius 1 is 0.724 bits per heavy atom. The summed E-state index contributed by atoms with van der Waals surface area (Å²) in [6.45, 7) is -0.323. The molecule has 0 aromatic rings. The molecular formula is C18H34O11. The fourth-order valence-corrected chi connectivity index (χ4v) is 3.89. The molecule has 11 heteroatoms. The van der Waals surface area contributed by atoms with Crippen molar-refractivity contribution in [3.8, 4) is 0 Å². The second-order valence-electron chi connectivity index (χ2n) is 7.73. The lowest BCUT2D eigenvalue weighted by Crippen LogP contribution is -2.69. The van der Waals surface area contributed by atoms with Gasteiger partial charge in [0, 0.05) is 6.42 Å². The van der Waals surface area contributed by atoms with Crippen molar-refractivity contribution in [1.82, 2.24) is 0 Å². The highest BCUT2D eigenvalue weighted by Crippen LogP contribution is 2.43. The Bertz CT molecular complexity index is 506. The first-order valence-corrected chi connectivity index (χ1v) is 10.0. The zero-order valence-corrected chi connectivity index (χ0v) is 16.5. The van der Waals surface area contributed by atoms with E-state index in [9.17, 15) is 40.9 Å². The molecule has 0 spiro atoms. The molecule has 2 rings (SSSR count). The van der Waals surface area contributed by atoms with E-state index in [4.69, 9.17) is 14.2 Å². The minimum Gasteiger partial charge on any atom is -0.394 e. The van der Waals surface area contributed by atoms with E-state index in [0.717, 1.165) is 19.3 Å². The second kappa shape index (κ2) is 10.2. The molecule has 8 N–H and O–H groups in total. The van der Waals surface area contributed by atoms with Crippen molar-refractivity contribution >= 4 is 0 Å². The summed E-state index contributed by atoms with van der Waals surface area (Å²) in [5.41, 5.74) is 0. The lowest BCUT2D eigenvalue weighted by molar-refractivity contribution is -0.435. The molecule has 172 valence electrons. The van der Waals surface area contributed by atoms with E-state index in [1.807, 2.05) is 6.92 Å². The van der Waals surface area contributed by atoms with Gasteiger partial charge in [-0.3, -0.25) is 0 Å². The standard InChI is InChI=1S/C18H34O11/c1-2-3-4-5-6-17(16(26)14(24)12(22)10(7-19)27-17)29-18(9-21)15(25)13(23)11(8-20)28-18/h10-16,19-26H,2-9H2,1H3/t10-,11-,12-,13-,14+,15+,16-,17+,18?/m1/s1. The summed E-state index contributed by atoms with van der Waals surface area (Å²) in [6.07, 6.45) is -8.19. The van der Waals surface area contributed by atoms with Gasteiger partial charge in [-0.25, -0.2) is 0 Å². The van der Waals surface area contributed by atoms with Crippen LogP contribution in [0.4, 0.5) is 0 Å². The van der Waals surface area contributed by atoms with Crippen molar-refractivity contribution in [2.45, 2.75) is 93.3 Å². The van der Waals surface area contributed by atoms with Gasteiger partial charge in [-0.15, -0.1) is 0 Å². The highest BCUT2D eigenvalue weighted by atomic mass is 16.8. The summed E-state index contributed by atoms with van der Waals surface area (Å²) >= 11 is 0. The smallest absolute Gasteiger partial charge is 0.224 e. The summed E-state index contributed by atoms with van der Waals surface area (Å²) < 4.78 is 16.8. The number of hydrogen-bond donors (Lipinski definition) is 8. The lowest BCUT2D eigenvalue weighted by atomic mass is 9.88. The summed E-state index contributed by atoms with van der Waals surface area (Å²) in [7, 11) is 0. The van der Waals surface area contributed by atoms with Crippen molar-refractivity contribution in [1.29, 1.82) is 0 Å². The molecule has 29 heavy (non-hydrogen) atoms. The zero-order chi connectivity index (χ0) is 21.8. The van der Waals surface area contributed by atoms with E-state index in [1.165, 1.54) is 0 Å². The number of hydrogen-bond acceptors (Lipinski definition) is 11. The molecule has 2 heterocycles. The molecule has 0 aliphatic carbocycles. The molecule has 2 aliphatic rings. The normalized spacial score (nSPS) is 45.6. The molecule has 0 saturated carbocycles. The minimum atomic E-state index is -2.26. The van der Waals surface area contributed by atoms with Gasteiger partial charge in [-0.1, -0.05) is 26.2 Å². The monoisotopic (exact) mass is 426 g/mol. The molecule has 0 bridgehead atoms. The molecule has 0 amide bonds. The number of rotatable bonds is 10. The first-order valence-electron chi connectivity index (χ1n) is 10.0. The molecule has 1 unspecified atom stereocenters. The highest BCUT2D eigenvalue weighted by molar-refractivity contribution is 5.02. The van der Waals surface area contributed by atoms with E-state index in [1.54, 1.807) is 0 Å². The van der Waals surface area contributed by atoms with Gasteiger partial charge >= 0.3 is 0 Å². The Balaban J connectivity index is 2.36. The first kappa shape index (κ1) is 24.8. The zero-order valence-electron chi connectivity index (χ0n) is 16.5. The van der Waals surface area contributed by atoms with Crippen LogP contribution in [0.1, 0.15) is 39.0 Å². The second-order valence-corrected chi connectivity index (χ2v) is 7.73. The predicted molar refractivity (Wildman–Crippen MR) is 96.3 cm³/mol. The molecule has 11 nitrogen and oxygen atoms in total. The quantitative estimate of drug-likeness (QED) is 0.166. The highest BCUT2D eigenvalue weighted by Gasteiger charge is 2.63. The van der Waals surface area contributed by atoms with Gasteiger partial charge in [-0.05, 0) is 6.42 Å². The van der Waals surface area contributed by atoms with Crippen LogP contribution in [-0.4, -0.2) is 115 Å². The third-order valence-electron chi connectivity index (χ3n) is 5.67. The van der Waals surface area contributed by atoms with E-state index in [-0.39, 0.29) is 6.42 Å². The van der Waals surface area contributed by atoms with Crippen molar-refractivity contribution in [3.05, 3.63) is 0 Å². The Labute approximate surface area is 169 Å². The van der Waals surface area contributed by atoms with Crippen LogP contribution in [0.15, 0.2) is 0 Å². The van der Waals surface area contributed by atoms with Gasteiger partial charge in [-0.2, -0.15) is 0 Å².